The first-order valence-corrected chi connectivity index (χ1v) is 15.5. The fourth-order valence-corrected chi connectivity index (χ4v) is 6.44. The molecule has 10 nitrogen and oxygen atoms in total. The number of rotatable bonds is 10. The van der Waals surface area contributed by atoms with Gasteiger partial charge in [0.25, 0.3) is 0 Å². The number of ether oxygens (including phenoxy) is 1. The van der Waals surface area contributed by atoms with E-state index in [4.69, 9.17) is 4.74 Å². The van der Waals surface area contributed by atoms with Gasteiger partial charge in [-0.25, -0.2) is 14.6 Å². The minimum Gasteiger partial charge on any atom is -0.494 e. The Labute approximate surface area is 249 Å². The molecule has 228 valence electrons. The van der Waals surface area contributed by atoms with Crippen LogP contribution in [0.25, 0.3) is 11.0 Å². The lowest BCUT2D eigenvalue weighted by molar-refractivity contribution is -0.137. The fourth-order valence-electron chi connectivity index (χ4n) is 6.44. The van der Waals surface area contributed by atoms with Crippen molar-refractivity contribution < 1.29 is 14.6 Å². The average Bonchev–Trinajstić information content (AvgIpc) is 3.40. The zero-order valence-electron chi connectivity index (χ0n) is 25.7. The number of anilines is 1. The second kappa shape index (κ2) is 13.4. The van der Waals surface area contributed by atoms with Gasteiger partial charge in [0.15, 0.2) is 5.65 Å². The van der Waals surface area contributed by atoms with E-state index in [1.165, 1.54) is 0 Å². The van der Waals surface area contributed by atoms with Crippen molar-refractivity contribution in [1.82, 2.24) is 29.5 Å². The molecular weight excluding hydrogens is 530 g/mol. The van der Waals surface area contributed by atoms with Gasteiger partial charge in [0.1, 0.15) is 17.9 Å². The third-order valence-corrected chi connectivity index (χ3v) is 8.84. The topological polar surface area (TPSA) is 99.9 Å². The van der Waals surface area contributed by atoms with Gasteiger partial charge >= 0.3 is 0 Å². The minimum absolute atomic E-state index is 0.0403. The van der Waals surface area contributed by atoms with Gasteiger partial charge in [-0.3, -0.25) is 9.69 Å². The van der Waals surface area contributed by atoms with Crippen molar-refractivity contribution in [3.8, 4) is 5.75 Å². The molecule has 3 aromatic rings. The van der Waals surface area contributed by atoms with E-state index in [-0.39, 0.29) is 18.1 Å². The van der Waals surface area contributed by atoms with Crippen molar-refractivity contribution in [2.75, 3.05) is 57.4 Å². The van der Waals surface area contributed by atoms with E-state index in [0.717, 1.165) is 73.5 Å². The molecule has 1 saturated carbocycles. The molecule has 42 heavy (non-hydrogen) atoms. The van der Waals surface area contributed by atoms with Gasteiger partial charge in [0, 0.05) is 50.7 Å². The molecule has 0 radical (unpaired) electrons. The molecule has 1 aliphatic carbocycles. The molecule has 3 heterocycles. The van der Waals surface area contributed by atoms with Crippen LogP contribution in [0.2, 0.25) is 0 Å². The first kappa shape index (κ1) is 30.2. The third-order valence-electron chi connectivity index (χ3n) is 8.84. The van der Waals surface area contributed by atoms with Crippen LogP contribution in [0.5, 0.6) is 5.75 Å². The minimum atomic E-state index is 0.0403. The standard InChI is InChI=1S/C32H47N7O3/c1-5-42-27-8-6-7-25(19-27)22-39-30-28(20-35-39)29(33-23-34-30)36-13-15-37(16-14-36)31(41)26-11-9-24(10-12-26)21-38(17-18-40)32(2,3)4/h6-8,19-20,23-24,26,40H,5,9-18,21-22H2,1-4H3. The van der Waals surface area contributed by atoms with Crippen molar-refractivity contribution in [2.24, 2.45) is 11.8 Å². The molecule has 1 aromatic carbocycles. The van der Waals surface area contributed by atoms with Gasteiger partial charge < -0.3 is 19.6 Å². The molecule has 0 bridgehead atoms. The van der Waals surface area contributed by atoms with Gasteiger partial charge in [-0.2, -0.15) is 5.10 Å². The van der Waals surface area contributed by atoms with Crippen LogP contribution in [0.3, 0.4) is 0 Å². The molecule has 0 unspecified atom stereocenters. The van der Waals surface area contributed by atoms with Crippen LogP contribution < -0.4 is 9.64 Å². The normalized spacial score (nSPS) is 20.0. The van der Waals surface area contributed by atoms with Crippen LogP contribution >= 0.6 is 0 Å². The van der Waals surface area contributed by atoms with E-state index < -0.39 is 0 Å². The number of aliphatic hydroxyl groups is 1. The highest BCUT2D eigenvalue weighted by atomic mass is 16.5. The second-order valence-corrected chi connectivity index (χ2v) is 12.7. The van der Waals surface area contributed by atoms with E-state index in [1.807, 2.05) is 36.0 Å². The zero-order valence-corrected chi connectivity index (χ0v) is 25.7. The Kier molecular flexibility index (Phi) is 9.63. The van der Waals surface area contributed by atoms with Crippen molar-refractivity contribution in [3.05, 3.63) is 42.4 Å². The van der Waals surface area contributed by atoms with Crippen molar-refractivity contribution in [2.45, 2.75) is 65.5 Å². The lowest BCUT2D eigenvalue weighted by Gasteiger charge is -2.41. The molecular formula is C32H47N7O3. The number of carbonyl (C=O) groups excluding carboxylic acids is 1. The summed E-state index contributed by atoms with van der Waals surface area (Å²) in [7, 11) is 0. The summed E-state index contributed by atoms with van der Waals surface area (Å²) in [5, 5.41) is 15.1. The number of piperazine rings is 1. The fraction of sp³-hybridized carbons (Fsp3) is 0.625. The number of β-amino-alcohol motifs (C(OH)–C–C–N with tert-alkyl or cyclic N) is 1. The maximum Gasteiger partial charge on any atom is 0.225 e. The summed E-state index contributed by atoms with van der Waals surface area (Å²) in [6.45, 7) is 14.6. The highest BCUT2D eigenvalue weighted by Gasteiger charge is 2.33. The molecule has 5 rings (SSSR count). The third kappa shape index (κ3) is 7.03. The number of amides is 1. The predicted molar refractivity (Wildman–Crippen MR) is 165 cm³/mol. The summed E-state index contributed by atoms with van der Waals surface area (Å²) >= 11 is 0. The first-order chi connectivity index (χ1) is 20.3. The predicted octanol–water partition coefficient (Wildman–Crippen LogP) is 3.82. The summed E-state index contributed by atoms with van der Waals surface area (Å²) in [6, 6.07) is 8.07. The number of aromatic nitrogens is 4. The van der Waals surface area contributed by atoms with E-state index in [1.54, 1.807) is 6.33 Å². The lowest BCUT2D eigenvalue weighted by Crippen LogP contribution is -2.51. The highest BCUT2D eigenvalue weighted by molar-refractivity contribution is 5.87. The van der Waals surface area contributed by atoms with Gasteiger partial charge in [-0.15, -0.1) is 0 Å². The maximum atomic E-state index is 13.5. The number of nitrogens with zero attached hydrogens (tertiary/aromatic N) is 7. The lowest BCUT2D eigenvalue weighted by atomic mass is 9.80. The molecule has 0 spiro atoms. The van der Waals surface area contributed by atoms with E-state index in [9.17, 15) is 9.90 Å². The quantitative estimate of drug-likeness (QED) is 0.388. The SMILES string of the molecule is CCOc1cccc(Cn2ncc3c(N4CCN(C(=O)C5CCC(CN(CCO)C(C)(C)C)CC5)CC4)ncnc32)c1. The molecule has 1 amide bonds. The summed E-state index contributed by atoms with van der Waals surface area (Å²) < 4.78 is 7.56. The Morgan fingerprint density at radius 2 is 1.86 bits per heavy atom. The van der Waals surface area contributed by atoms with Crippen LogP contribution in [-0.2, 0) is 11.3 Å². The van der Waals surface area contributed by atoms with Gasteiger partial charge in [0.05, 0.1) is 31.3 Å². The molecule has 1 aliphatic heterocycles. The van der Waals surface area contributed by atoms with Crippen LogP contribution in [-0.4, -0.2) is 98.6 Å². The number of fused-ring (bicyclic) bond motifs is 1. The first-order valence-electron chi connectivity index (χ1n) is 15.5. The highest BCUT2D eigenvalue weighted by Crippen LogP contribution is 2.32. The van der Waals surface area contributed by atoms with Crippen molar-refractivity contribution in [1.29, 1.82) is 0 Å². The molecule has 1 saturated heterocycles. The Bertz CT molecular complexity index is 1320. The second-order valence-electron chi connectivity index (χ2n) is 12.7. The van der Waals surface area contributed by atoms with Gasteiger partial charge in [-0.05, 0) is 77.0 Å². The van der Waals surface area contributed by atoms with Crippen molar-refractivity contribution in [3.63, 3.8) is 0 Å². The Hall–Kier alpha value is -3.24. The number of aliphatic hydroxyl groups excluding tert-OH is 1. The Morgan fingerprint density at radius 3 is 2.55 bits per heavy atom. The number of carbonyl (C=O) groups is 1. The largest absolute Gasteiger partial charge is 0.494 e. The van der Waals surface area contributed by atoms with Gasteiger partial charge in [-0.1, -0.05) is 12.1 Å². The van der Waals surface area contributed by atoms with E-state index in [0.29, 0.717) is 44.6 Å². The Morgan fingerprint density at radius 1 is 1.10 bits per heavy atom. The number of benzene rings is 1. The van der Waals surface area contributed by atoms with E-state index >= 15 is 0 Å². The average molecular weight is 578 g/mol. The van der Waals surface area contributed by atoms with Crippen LogP contribution in [0.15, 0.2) is 36.8 Å². The smallest absolute Gasteiger partial charge is 0.225 e. The molecule has 10 heteroatoms. The monoisotopic (exact) mass is 577 g/mol. The maximum absolute atomic E-state index is 13.5. The van der Waals surface area contributed by atoms with Crippen LogP contribution in [0, 0.1) is 11.8 Å². The summed E-state index contributed by atoms with van der Waals surface area (Å²) in [6.07, 6.45) is 7.54. The van der Waals surface area contributed by atoms with Crippen LogP contribution in [0.4, 0.5) is 5.82 Å². The summed E-state index contributed by atoms with van der Waals surface area (Å²) in [5.74, 6) is 2.76. The number of hydrogen-bond acceptors (Lipinski definition) is 8. The molecule has 2 aliphatic rings. The van der Waals surface area contributed by atoms with Crippen molar-refractivity contribution >= 4 is 22.8 Å². The Balaban J connectivity index is 1.16. The summed E-state index contributed by atoms with van der Waals surface area (Å²) in [4.78, 5) is 29.3. The molecule has 0 atom stereocenters. The summed E-state index contributed by atoms with van der Waals surface area (Å²) in [5.41, 5.74) is 1.95. The van der Waals surface area contributed by atoms with E-state index in [2.05, 4.69) is 56.6 Å². The molecule has 2 fully saturated rings. The zero-order chi connectivity index (χ0) is 29.7. The van der Waals surface area contributed by atoms with Crippen LogP contribution in [0.1, 0.15) is 58.9 Å². The van der Waals surface area contributed by atoms with Gasteiger partial charge in [0.2, 0.25) is 5.91 Å². The molecule has 2 aromatic heterocycles. The number of hydrogen-bond donors (Lipinski definition) is 1. The molecule has 1 N–H and O–H groups in total.